The van der Waals surface area contributed by atoms with E-state index in [2.05, 4.69) is 25.4 Å². The van der Waals surface area contributed by atoms with E-state index in [9.17, 15) is 0 Å². The zero-order chi connectivity index (χ0) is 14.7. The summed E-state index contributed by atoms with van der Waals surface area (Å²) in [5.74, 6) is 0.731. The van der Waals surface area contributed by atoms with E-state index in [1.807, 2.05) is 24.3 Å². The minimum absolute atomic E-state index is 0.101. The predicted molar refractivity (Wildman–Crippen MR) is 80.7 cm³/mol. The highest BCUT2D eigenvalue weighted by atomic mass is 35.5. The first kappa shape index (κ1) is 13.8. The molecule has 1 N–H and O–H groups in total. The first-order valence-electron chi connectivity index (χ1n) is 6.10. The van der Waals surface area contributed by atoms with Crippen LogP contribution in [0.1, 0.15) is 5.56 Å². The van der Waals surface area contributed by atoms with Gasteiger partial charge in [0.25, 0.3) is 5.95 Å². The van der Waals surface area contributed by atoms with E-state index in [0.29, 0.717) is 23.5 Å². The van der Waals surface area contributed by atoms with Gasteiger partial charge in [0, 0.05) is 24.0 Å². The highest BCUT2D eigenvalue weighted by Gasteiger charge is 2.07. The van der Waals surface area contributed by atoms with Crippen molar-refractivity contribution in [3.05, 3.63) is 58.6 Å². The number of halogens is 2. The van der Waals surface area contributed by atoms with Crippen LogP contribution in [0.5, 0.6) is 0 Å². The molecule has 6 nitrogen and oxygen atoms in total. The maximum Gasteiger partial charge on any atom is 0.256 e. The molecule has 0 unspecified atom stereocenters. The van der Waals surface area contributed by atoms with Gasteiger partial charge in [-0.05, 0) is 35.4 Å². The van der Waals surface area contributed by atoms with E-state index < -0.39 is 0 Å². The Morgan fingerprint density at radius 1 is 1.10 bits per heavy atom. The molecule has 3 aromatic rings. The molecule has 0 aliphatic heterocycles. The largest absolute Gasteiger partial charge is 0.350 e. The first-order chi connectivity index (χ1) is 10.2. The molecule has 8 heteroatoms. The summed E-state index contributed by atoms with van der Waals surface area (Å²) in [5.41, 5.74) is 1.01. The van der Waals surface area contributed by atoms with Crippen molar-refractivity contribution in [2.75, 3.05) is 5.32 Å². The molecular weight excluding hydrogens is 311 g/mol. The molecule has 3 rings (SSSR count). The number of nitrogens with one attached hydrogen (secondary N) is 1. The Bertz CT molecular complexity index is 744. The normalized spacial score (nSPS) is 10.6. The van der Waals surface area contributed by atoms with Crippen molar-refractivity contribution in [3.63, 3.8) is 0 Å². The van der Waals surface area contributed by atoms with Crippen molar-refractivity contribution in [2.45, 2.75) is 6.54 Å². The minimum atomic E-state index is 0.101. The second kappa shape index (κ2) is 6.07. The van der Waals surface area contributed by atoms with Gasteiger partial charge < -0.3 is 5.32 Å². The molecule has 0 saturated carbocycles. The topological polar surface area (TPSA) is 68.5 Å². The van der Waals surface area contributed by atoms with Gasteiger partial charge in [0.15, 0.2) is 0 Å². The fraction of sp³-hybridized carbons (Fsp3) is 0.0769. The Kier molecular flexibility index (Phi) is 3.98. The second-order valence-electron chi connectivity index (χ2n) is 4.16. The van der Waals surface area contributed by atoms with Crippen LogP contribution in [0.3, 0.4) is 0 Å². The lowest BCUT2D eigenvalue weighted by Gasteiger charge is -2.07. The number of anilines is 1. The third-order valence-electron chi connectivity index (χ3n) is 2.65. The molecule has 0 fully saturated rings. The highest BCUT2D eigenvalue weighted by molar-refractivity contribution is 6.30. The Labute approximate surface area is 130 Å². The molecule has 0 amide bonds. The first-order valence-corrected chi connectivity index (χ1v) is 6.86. The lowest BCUT2D eigenvalue weighted by atomic mass is 10.2. The molecule has 106 valence electrons. The average Bonchev–Trinajstić information content (AvgIpc) is 2.99. The maximum atomic E-state index is 5.94. The van der Waals surface area contributed by atoms with E-state index in [-0.39, 0.29) is 5.28 Å². The van der Waals surface area contributed by atoms with Crippen LogP contribution in [0, 0.1) is 0 Å². The standard InChI is InChI=1S/C13H10Cl2N6/c14-10-4-1-3-9(7-10)8-16-12-18-11(15)19-13(20-12)21-6-2-5-17-21/h1-7H,8H2,(H,16,18,19,20). The number of aromatic nitrogens is 5. The Morgan fingerprint density at radius 2 is 2.00 bits per heavy atom. The van der Waals surface area contributed by atoms with E-state index >= 15 is 0 Å². The second-order valence-corrected chi connectivity index (χ2v) is 4.94. The van der Waals surface area contributed by atoms with Gasteiger partial charge >= 0.3 is 0 Å². The van der Waals surface area contributed by atoms with Crippen LogP contribution >= 0.6 is 23.2 Å². The van der Waals surface area contributed by atoms with Crippen molar-refractivity contribution >= 4 is 29.2 Å². The van der Waals surface area contributed by atoms with Crippen LogP contribution < -0.4 is 5.32 Å². The summed E-state index contributed by atoms with van der Waals surface area (Å²) in [5, 5.41) is 7.93. The predicted octanol–water partition coefficient (Wildman–Crippen LogP) is 2.98. The van der Waals surface area contributed by atoms with Gasteiger partial charge in [0.2, 0.25) is 11.2 Å². The third-order valence-corrected chi connectivity index (χ3v) is 3.05. The highest BCUT2D eigenvalue weighted by Crippen LogP contribution is 2.13. The van der Waals surface area contributed by atoms with Crippen LogP contribution in [0.2, 0.25) is 10.3 Å². The van der Waals surface area contributed by atoms with Gasteiger partial charge in [-0.25, -0.2) is 4.68 Å². The van der Waals surface area contributed by atoms with Crippen LogP contribution in [-0.2, 0) is 6.54 Å². The summed E-state index contributed by atoms with van der Waals surface area (Å²) in [6.07, 6.45) is 3.36. The monoisotopic (exact) mass is 320 g/mol. The molecule has 2 aromatic heterocycles. The molecule has 0 aliphatic rings. The summed E-state index contributed by atoms with van der Waals surface area (Å²) in [6.45, 7) is 0.527. The van der Waals surface area contributed by atoms with Crippen LogP contribution in [0.15, 0.2) is 42.7 Å². The Hall–Kier alpha value is -2.18. The van der Waals surface area contributed by atoms with Gasteiger partial charge in [-0.15, -0.1) is 0 Å². The van der Waals surface area contributed by atoms with Crippen molar-refractivity contribution in [1.29, 1.82) is 0 Å². The van der Waals surface area contributed by atoms with E-state index in [1.165, 1.54) is 4.68 Å². The molecule has 0 radical (unpaired) electrons. The average molecular weight is 321 g/mol. The smallest absolute Gasteiger partial charge is 0.256 e. The molecule has 21 heavy (non-hydrogen) atoms. The Balaban J connectivity index is 1.79. The summed E-state index contributed by atoms with van der Waals surface area (Å²) >= 11 is 11.9. The number of rotatable bonds is 4. The molecule has 0 atom stereocenters. The van der Waals surface area contributed by atoms with Crippen LogP contribution in [-0.4, -0.2) is 24.7 Å². The summed E-state index contributed by atoms with van der Waals surface area (Å²) in [7, 11) is 0. The van der Waals surface area contributed by atoms with Crippen molar-refractivity contribution in [2.24, 2.45) is 0 Å². The molecule has 2 heterocycles. The molecule has 0 spiro atoms. The van der Waals surface area contributed by atoms with Gasteiger partial charge in [0.05, 0.1) is 0 Å². The molecule has 0 saturated heterocycles. The van der Waals surface area contributed by atoms with E-state index in [1.54, 1.807) is 18.5 Å². The SMILES string of the molecule is Clc1cccc(CNc2nc(Cl)nc(-n3cccn3)n2)c1. The lowest BCUT2D eigenvalue weighted by molar-refractivity contribution is 0.795. The molecule has 0 aliphatic carbocycles. The van der Waals surface area contributed by atoms with Crippen molar-refractivity contribution in [1.82, 2.24) is 24.7 Å². The fourth-order valence-corrected chi connectivity index (χ4v) is 2.10. The van der Waals surface area contributed by atoms with Crippen molar-refractivity contribution in [3.8, 4) is 5.95 Å². The fourth-order valence-electron chi connectivity index (χ4n) is 1.74. The van der Waals surface area contributed by atoms with Gasteiger partial charge in [0.1, 0.15) is 0 Å². The molecular formula is C13H10Cl2N6. The van der Waals surface area contributed by atoms with Gasteiger partial charge in [-0.1, -0.05) is 23.7 Å². The number of nitrogens with zero attached hydrogens (tertiary/aromatic N) is 5. The zero-order valence-corrected chi connectivity index (χ0v) is 12.3. The van der Waals surface area contributed by atoms with Gasteiger partial charge in [-0.2, -0.15) is 20.1 Å². The van der Waals surface area contributed by atoms with E-state index in [4.69, 9.17) is 23.2 Å². The van der Waals surface area contributed by atoms with Gasteiger partial charge in [-0.3, -0.25) is 0 Å². The lowest BCUT2D eigenvalue weighted by Crippen LogP contribution is -2.09. The molecule has 1 aromatic carbocycles. The summed E-state index contributed by atoms with van der Waals surface area (Å²) in [4.78, 5) is 12.3. The Morgan fingerprint density at radius 3 is 2.76 bits per heavy atom. The number of hydrogen-bond donors (Lipinski definition) is 1. The zero-order valence-electron chi connectivity index (χ0n) is 10.7. The third kappa shape index (κ3) is 3.48. The molecule has 0 bridgehead atoms. The van der Waals surface area contributed by atoms with Crippen LogP contribution in [0.25, 0.3) is 5.95 Å². The van der Waals surface area contributed by atoms with Crippen molar-refractivity contribution < 1.29 is 0 Å². The quantitative estimate of drug-likeness (QED) is 0.800. The summed E-state index contributed by atoms with van der Waals surface area (Å²) < 4.78 is 1.51. The van der Waals surface area contributed by atoms with E-state index in [0.717, 1.165) is 5.56 Å². The number of benzene rings is 1. The maximum absolute atomic E-state index is 5.94. The summed E-state index contributed by atoms with van der Waals surface area (Å²) in [6, 6.07) is 9.30. The number of hydrogen-bond acceptors (Lipinski definition) is 5. The minimum Gasteiger partial charge on any atom is -0.350 e. The van der Waals surface area contributed by atoms with Crippen LogP contribution in [0.4, 0.5) is 5.95 Å².